The molecule has 0 saturated carbocycles. The molecule has 0 saturated heterocycles. The van der Waals surface area contributed by atoms with Crippen molar-refractivity contribution >= 4 is 17.5 Å². The van der Waals surface area contributed by atoms with Crippen LogP contribution in [0.2, 0.25) is 5.02 Å². The van der Waals surface area contributed by atoms with Gasteiger partial charge in [0.15, 0.2) is 0 Å². The van der Waals surface area contributed by atoms with Crippen molar-refractivity contribution in [1.82, 2.24) is 5.32 Å². The molecule has 5 nitrogen and oxygen atoms in total. The van der Waals surface area contributed by atoms with Crippen LogP contribution >= 0.6 is 11.6 Å². The third-order valence-electron chi connectivity index (χ3n) is 2.94. The summed E-state index contributed by atoms with van der Waals surface area (Å²) in [7, 11) is 3.18. The Hall–Kier alpha value is -1.30. The second kappa shape index (κ2) is 8.79. The Bertz CT molecular complexity index is 440. The topological polar surface area (TPSA) is 73.6 Å². The predicted molar refractivity (Wildman–Crippen MR) is 78.9 cm³/mol. The summed E-state index contributed by atoms with van der Waals surface area (Å²) in [5.41, 5.74) is 6.54. The standard InChI is InChI=1S/C14H21ClN2O3/c1-19-8-4-6-12(16)14(18)17-9-10-11(15)5-3-7-13(10)20-2/h3,5,7,12H,4,6,8-9,16H2,1-2H3,(H,17,18). The lowest BCUT2D eigenvalue weighted by Crippen LogP contribution is -2.40. The molecular weight excluding hydrogens is 280 g/mol. The van der Waals surface area contributed by atoms with E-state index in [2.05, 4.69) is 5.32 Å². The molecule has 112 valence electrons. The molecule has 0 radical (unpaired) electrons. The van der Waals surface area contributed by atoms with Crippen LogP contribution in [-0.2, 0) is 16.1 Å². The number of ether oxygens (including phenoxy) is 2. The Balaban J connectivity index is 2.52. The van der Waals surface area contributed by atoms with Crippen molar-refractivity contribution in [1.29, 1.82) is 0 Å². The fourth-order valence-electron chi connectivity index (χ4n) is 1.79. The zero-order chi connectivity index (χ0) is 15.0. The Morgan fingerprint density at radius 1 is 1.45 bits per heavy atom. The molecule has 1 rings (SSSR count). The number of carbonyl (C=O) groups excluding carboxylic acids is 1. The van der Waals surface area contributed by atoms with E-state index < -0.39 is 6.04 Å². The van der Waals surface area contributed by atoms with Gasteiger partial charge in [-0.3, -0.25) is 4.79 Å². The summed E-state index contributed by atoms with van der Waals surface area (Å²) in [6, 6.07) is 4.80. The van der Waals surface area contributed by atoms with E-state index in [1.54, 1.807) is 32.4 Å². The number of benzene rings is 1. The number of rotatable bonds is 8. The van der Waals surface area contributed by atoms with E-state index in [-0.39, 0.29) is 5.91 Å². The number of hydrogen-bond donors (Lipinski definition) is 2. The molecule has 0 aliphatic carbocycles. The van der Waals surface area contributed by atoms with Crippen LogP contribution in [-0.4, -0.2) is 32.8 Å². The van der Waals surface area contributed by atoms with Crippen LogP contribution in [0.25, 0.3) is 0 Å². The van der Waals surface area contributed by atoms with E-state index in [0.29, 0.717) is 30.3 Å². The molecule has 1 atom stereocenters. The first-order valence-electron chi connectivity index (χ1n) is 6.43. The summed E-state index contributed by atoms with van der Waals surface area (Å²) < 4.78 is 10.1. The number of halogens is 1. The molecule has 1 unspecified atom stereocenters. The average Bonchev–Trinajstić information content (AvgIpc) is 2.45. The monoisotopic (exact) mass is 300 g/mol. The quantitative estimate of drug-likeness (QED) is 0.717. The van der Waals surface area contributed by atoms with Crippen LogP contribution < -0.4 is 15.8 Å². The first-order valence-corrected chi connectivity index (χ1v) is 6.81. The van der Waals surface area contributed by atoms with Crippen LogP contribution in [0, 0.1) is 0 Å². The van der Waals surface area contributed by atoms with Crippen molar-refractivity contribution in [3.05, 3.63) is 28.8 Å². The van der Waals surface area contributed by atoms with E-state index in [1.807, 2.05) is 0 Å². The highest BCUT2D eigenvalue weighted by molar-refractivity contribution is 6.31. The fraction of sp³-hybridized carbons (Fsp3) is 0.500. The lowest BCUT2D eigenvalue weighted by molar-refractivity contribution is -0.122. The first kappa shape index (κ1) is 16.8. The number of amides is 1. The number of carbonyl (C=O) groups is 1. The molecule has 0 aliphatic rings. The molecule has 0 aromatic heterocycles. The number of nitrogens with two attached hydrogens (primary N) is 1. The van der Waals surface area contributed by atoms with Gasteiger partial charge in [0, 0.05) is 30.8 Å². The predicted octanol–water partition coefficient (Wildman–Crippen LogP) is 1.72. The van der Waals surface area contributed by atoms with E-state index in [4.69, 9.17) is 26.8 Å². The molecule has 0 spiro atoms. The SMILES string of the molecule is COCCCC(N)C(=O)NCc1c(Cl)cccc1OC. The lowest BCUT2D eigenvalue weighted by atomic mass is 10.1. The van der Waals surface area contributed by atoms with Gasteiger partial charge >= 0.3 is 0 Å². The summed E-state index contributed by atoms with van der Waals surface area (Å²) in [5, 5.41) is 3.33. The van der Waals surface area contributed by atoms with Crippen molar-refractivity contribution in [3.63, 3.8) is 0 Å². The molecule has 20 heavy (non-hydrogen) atoms. The van der Waals surface area contributed by atoms with Crippen molar-refractivity contribution in [2.75, 3.05) is 20.8 Å². The zero-order valence-electron chi connectivity index (χ0n) is 11.8. The van der Waals surface area contributed by atoms with Gasteiger partial charge in [0.05, 0.1) is 13.2 Å². The first-order chi connectivity index (χ1) is 9.60. The van der Waals surface area contributed by atoms with E-state index >= 15 is 0 Å². The van der Waals surface area contributed by atoms with Gasteiger partial charge in [0.2, 0.25) is 5.91 Å². The third kappa shape index (κ3) is 5.00. The van der Waals surface area contributed by atoms with Crippen molar-refractivity contribution < 1.29 is 14.3 Å². The molecule has 0 heterocycles. The smallest absolute Gasteiger partial charge is 0.237 e. The highest BCUT2D eigenvalue weighted by Gasteiger charge is 2.14. The Morgan fingerprint density at radius 3 is 2.85 bits per heavy atom. The molecule has 3 N–H and O–H groups in total. The summed E-state index contributed by atoms with van der Waals surface area (Å²) in [6.45, 7) is 0.888. The zero-order valence-corrected chi connectivity index (χ0v) is 12.6. The molecular formula is C14H21ClN2O3. The molecule has 1 amide bonds. The highest BCUT2D eigenvalue weighted by atomic mass is 35.5. The largest absolute Gasteiger partial charge is 0.496 e. The van der Waals surface area contributed by atoms with Gasteiger partial charge in [-0.25, -0.2) is 0 Å². The van der Waals surface area contributed by atoms with Gasteiger partial charge in [-0.15, -0.1) is 0 Å². The average molecular weight is 301 g/mol. The van der Waals surface area contributed by atoms with Gasteiger partial charge in [-0.05, 0) is 25.0 Å². The summed E-state index contributed by atoms with van der Waals surface area (Å²) in [6.07, 6.45) is 1.33. The van der Waals surface area contributed by atoms with E-state index in [9.17, 15) is 4.79 Å². The Kier molecular flexibility index (Phi) is 7.36. The maximum Gasteiger partial charge on any atom is 0.237 e. The second-order valence-corrected chi connectivity index (χ2v) is 4.79. The molecule has 0 fully saturated rings. The Labute approximate surface area is 124 Å². The minimum Gasteiger partial charge on any atom is -0.496 e. The van der Waals surface area contributed by atoms with E-state index in [0.717, 1.165) is 12.0 Å². The number of methoxy groups -OCH3 is 2. The van der Waals surface area contributed by atoms with Gasteiger partial charge in [0.1, 0.15) is 5.75 Å². The normalized spacial score (nSPS) is 12.0. The lowest BCUT2D eigenvalue weighted by Gasteiger charge is -2.14. The van der Waals surface area contributed by atoms with Crippen LogP contribution in [0.15, 0.2) is 18.2 Å². The van der Waals surface area contributed by atoms with Crippen molar-refractivity contribution in [2.45, 2.75) is 25.4 Å². The minimum absolute atomic E-state index is 0.205. The maximum atomic E-state index is 11.9. The van der Waals surface area contributed by atoms with Crippen LogP contribution in [0.3, 0.4) is 0 Å². The maximum absolute atomic E-state index is 11.9. The minimum atomic E-state index is -0.543. The Morgan fingerprint density at radius 2 is 2.20 bits per heavy atom. The molecule has 1 aromatic rings. The number of hydrogen-bond acceptors (Lipinski definition) is 4. The van der Waals surface area contributed by atoms with Crippen LogP contribution in [0.5, 0.6) is 5.75 Å². The van der Waals surface area contributed by atoms with Crippen LogP contribution in [0.4, 0.5) is 0 Å². The van der Waals surface area contributed by atoms with Crippen molar-refractivity contribution in [3.8, 4) is 5.75 Å². The van der Waals surface area contributed by atoms with Crippen LogP contribution in [0.1, 0.15) is 18.4 Å². The summed E-state index contributed by atoms with van der Waals surface area (Å²) in [5.74, 6) is 0.439. The van der Waals surface area contributed by atoms with Gasteiger partial charge in [0.25, 0.3) is 0 Å². The molecule has 6 heteroatoms. The van der Waals surface area contributed by atoms with Gasteiger partial charge in [-0.2, -0.15) is 0 Å². The summed E-state index contributed by atoms with van der Waals surface area (Å²) in [4.78, 5) is 11.9. The number of nitrogens with one attached hydrogen (secondary N) is 1. The summed E-state index contributed by atoms with van der Waals surface area (Å²) >= 11 is 6.09. The molecule has 0 aliphatic heterocycles. The molecule has 1 aromatic carbocycles. The molecule has 0 bridgehead atoms. The van der Waals surface area contributed by atoms with Crippen molar-refractivity contribution in [2.24, 2.45) is 5.73 Å². The van der Waals surface area contributed by atoms with Gasteiger partial charge in [-0.1, -0.05) is 17.7 Å². The second-order valence-electron chi connectivity index (χ2n) is 4.38. The third-order valence-corrected chi connectivity index (χ3v) is 3.29. The fourth-order valence-corrected chi connectivity index (χ4v) is 2.02. The van der Waals surface area contributed by atoms with E-state index in [1.165, 1.54) is 0 Å². The van der Waals surface area contributed by atoms with Gasteiger partial charge < -0.3 is 20.5 Å². The highest BCUT2D eigenvalue weighted by Crippen LogP contribution is 2.25.